The molecule has 16 heavy (non-hydrogen) atoms. The Balaban J connectivity index is 1.97. The van der Waals surface area contributed by atoms with Gasteiger partial charge in [0.05, 0.1) is 6.10 Å². The van der Waals surface area contributed by atoms with Crippen LogP contribution in [0.2, 0.25) is 0 Å². The summed E-state index contributed by atoms with van der Waals surface area (Å²) in [6.45, 7) is 2.96. The average Bonchev–Trinajstić information content (AvgIpc) is 2.81. The second-order valence-corrected chi connectivity index (χ2v) is 4.86. The Morgan fingerprint density at radius 3 is 3.12 bits per heavy atom. The molecule has 1 N–H and O–H groups in total. The summed E-state index contributed by atoms with van der Waals surface area (Å²) in [4.78, 5) is 8.47. The monoisotopic (exact) mass is 239 g/mol. The minimum atomic E-state index is 0.400. The fourth-order valence-electron chi connectivity index (χ4n) is 1.78. The molecule has 1 saturated heterocycles. The van der Waals surface area contributed by atoms with E-state index in [1.165, 1.54) is 12.8 Å². The zero-order chi connectivity index (χ0) is 11.4. The first-order valence-electron chi connectivity index (χ1n) is 5.55. The number of nitrogens with zero attached hydrogens (tertiary/aromatic N) is 2. The normalized spacial score (nSPS) is 20.0. The zero-order valence-electron chi connectivity index (χ0n) is 9.69. The van der Waals surface area contributed by atoms with Gasteiger partial charge in [0.1, 0.15) is 17.2 Å². The number of thioether (sulfide) groups is 1. The molecule has 1 aliphatic rings. The van der Waals surface area contributed by atoms with Crippen LogP contribution < -0.4 is 5.32 Å². The van der Waals surface area contributed by atoms with Gasteiger partial charge in [-0.2, -0.15) is 0 Å². The van der Waals surface area contributed by atoms with Gasteiger partial charge in [0.2, 0.25) is 0 Å². The molecule has 1 unspecified atom stereocenters. The fraction of sp³-hybridized carbons (Fsp3) is 0.636. The molecule has 1 fully saturated rings. The van der Waals surface area contributed by atoms with Gasteiger partial charge in [-0.05, 0) is 19.8 Å². The van der Waals surface area contributed by atoms with Crippen LogP contribution in [0.3, 0.4) is 0 Å². The molecule has 2 rings (SSSR count). The molecule has 0 radical (unpaired) electrons. The van der Waals surface area contributed by atoms with Gasteiger partial charge in [0, 0.05) is 25.0 Å². The number of aromatic nitrogens is 2. The van der Waals surface area contributed by atoms with Crippen LogP contribution in [-0.2, 0) is 4.74 Å². The summed E-state index contributed by atoms with van der Waals surface area (Å²) >= 11 is 1.76. The molecule has 0 aliphatic carbocycles. The summed E-state index contributed by atoms with van der Waals surface area (Å²) in [5.41, 5.74) is 1.12. The van der Waals surface area contributed by atoms with E-state index in [0.717, 1.165) is 28.8 Å². The molecule has 2 heterocycles. The van der Waals surface area contributed by atoms with Gasteiger partial charge in [-0.3, -0.25) is 0 Å². The third-order valence-corrected chi connectivity index (χ3v) is 3.93. The van der Waals surface area contributed by atoms with Crippen molar-refractivity contribution >= 4 is 17.6 Å². The van der Waals surface area contributed by atoms with Gasteiger partial charge in [0.15, 0.2) is 0 Å². The van der Waals surface area contributed by atoms with Gasteiger partial charge < -0.3 is 10.1 Å². The Morgan fingerprint density at radius 1 is 1.56 bits per heavy atom. The molecule has 0 bridgehead atoms. The minimum Gasteiger partial charge on any atom is -0.377 e. The van der Waals surface area contributed by atoms with Gasteiger partial charge in [0.25, 0.3) is 0 Å². The van der Waals surface area contributed by atoms with E-state index in [4.69, 9.17) is 4.74 Å². The molecule has 0 saturated carbocycles. The van der Waals surface area contributed by atoms with Gasteiger partial charge in [-0.15, -0.1) is 11.8 Å². The van der Waals surface area contributed by atoms with E-state index in [0.29, 0.717) is 6.10 Å². The summed E-state index contributed by atoms with van der Waals surface area (Å²) < 4.78 is 5.59. The molecule has 4 nitrogen and oxygen atoms in total. The summed E-state index contributed by atoms with van der Waals surface area (Å²) in [6.07, 6.45) is 4.38. The lowest BCUT2D eigenvalue weighted by atomic mass is 10.3. The summed E-state index contributed by atoms with van der Waals surface area (Å²) in [7, 11) is 1.88. The third-order valence-electron chi connectivity index (χ3n) is 2.70. The lowest BCUT2D eigenvalue weighted by Gasteiger charge is -2.11. The highest BCUT2D eigenvalue weighted by Gasteiger charge is 2.16. The van der Waals surface area contributed by atoms with Crippen LogP contribution in [-0.4, -0.2) is 35.5 Å². The molecular formula is C11H17N3OS. The molecular weight excluding hydrogens is 222 g/mol. The Hall–Kier alpha value is -0.810. The molecule has 0 spiro atoms. The number of hydrogen-bond donors (Lipinski definition) is 1. The number of rotatable bonds is 4. The molecule has 0 amide bonds. The SMILES string of the molecule is CNc1ncnc(SCC2CCCO2)c1C. The molecule has 0 aromatic carbocycles. The predicted molar refractivity (Wildman–Crippen MR) is 66.0 cm³/mol. The van der Waals surface area contributed by atoms with Crippen molar-refractivity contribution in [3.63, 3.8) is 0 Å². The van der Waals surface area contributed by atoms with E-state index in [2.05, 4.69) is 15.3 Å². The summed E-state index contributed by atoms with van der Waals surface area (Å²) in [5.74, 6) is 1.89. The first-order valence-corrected chi connectivity index (χ1v) is 6.53. The molecule has 1 atom stereocenters. The van der Waals surface area contributed by atoms with Crippen molar-refractivity contribution in [1.29, 1.82) is 0 Å². The van der Waals surface area contributed by atoms with Crippen molar-refractivity contribution in [2.24, 2.45) is 0 Å². The Morgan fingerprint density at radius 2 is 2.44 bits per heavy atom. The van der Waals surface area contributed by atoms with Crippen molar-refractivity contribution in [2.45, 2.75) is 30.9 Å². The van der Waals surface area contributed by atoms with E-state index in [1.54, 1.807) is 18.1 Å². The van der Waals surface area contributed by atoms with E-state index in [9.17, 15) is 0 Å². The topological polar surface area (TPSA) is 47.0 Å². The molecule has 1 aromatic rings. The van der Waals surface area contributed by atoms with E-state index in [-0.39, 0.29) is 0 Å². The van der Waals surface area contributed by atoms with E-state index < -0.39 is 0 Å². The lowest BCUT2D eigenvalue weighted by molar-refractivity contribution is 0.129. The maximum Gasteiger partial charge on any atom is 0.133 e. The van der Waals surface area contributed by atoms with Crippen LogP contribution in [0.15, 0.2) is 11.4 Å². The number of ether oxygens (including phenoxy) is 1. The van der Waals surface area contributed by atoms with Crippen LogP contribution in [0.4, 0.5) is 5.82 Å². The van der Waals surface area contributed by atoms with Gasteiger partial charge >= 0.3 is 0 Å². The van der Waals surface area contributed by atoms with E-state index >= 15 is 0 Å². The average molecular weight is 239 g/mol. The fourth-order valence-corrected chi connectivity index (χ4v) is 2.82. The largest absolute Gasteiger partial charge is 0.377 e. The van der Waals surface area contributed by atoms with Crippen LogP contribution in [0.1, 0.15) is 18.4 Å². The molecule has 1 aromatic heterocycles. The first-order chi connectivity index (χ1) is 7.81. The van der Waals surface area contributed by atoms with E-state index in [1.807, 2.05) is 14.0 Å². The Labute approximate surface area is 100 Å². The van der Waals surface area contributed by atoms with Crippen LogP contribution in [0, 0.1) is 6.92 Å². The highest BCUT2D eigenvalue weighted by molar-refractivity contribution is 7.99. The van der Waals surface area contributed by atoms with Gasteiger partial charge in [-0.25, -0.2) is 9.97 Å². The first kappa shape index (κ1) is 11.7. The Kier molecular flexibility index (Phi) is 4.01. The van der Waals surface area contributed by atoms with Crippen LogP contribution in [0.25, 0.3) is 0 Å². The highest BCUT2D eigenvalue weighted by Crippen LogP contribution is 2.26. The predicted octanol–water partition coefficient (Wildman–Crippen LogP) is 2.10. The summed E-state index contributed by atoms with van der Waals surface area (Å²) in [5, 5.41) is 4.12. The Bertz CT molecular complexity index is 353. The van der Waals surface area contributed by atoms with Crippen molar-refractivity contribution < 1.29 is 4.74 Å². The van der Waals surface area contributed by atoms with Crippen LogP contribution in [0.5, 0.6) is 0 Å². The molecule has 1 aliphatic heterocycles. The van der Waals surface area contributed by atoms with Crippen LogP contribution >= 0.6 is 11.8 Å². The zero-order valence-corrected chi connectivity index (χ0v) is 10.5. The molecule has 5 heteroatoms. The molecule has 88 valence electrons. The lowest BCUT2D eigenvalue weighted by Crippen LogP contribution is -2.08. The van der Waals surface area contributed by atoms with Crippen molar-refractivity contribution in [3.05, 3.63) is 11.9 Å². The standard InChI is InChI=1S/C11H17N3OS/c1-8-10(12-2)13-7-14-11(8)16-6-9-4-3-5-15-9/h7,9H,3-6H2,1-2H3,(H,12,13,14). The van der Waals surface area contributed by atoms with Gasteiger partial charge in [-0.1, -0.05) is 0 Å². The quantitative estimate of drug-likeness (QED) is 0.644. The maximum atomic E-state index is 5.59. The number of nitrogens with one attached hydrogen (secondary N) is 1. The number of anilines is 1. The highest BCUT2D eigenvalue weighted by atomic mass is 32.2. The third kappa shape index (κ3) is 2.65. The number of hydrogen-bond acceptors (Lipinski definition) is 5. The summed E-state index contributed by atoms with van der Waals surface area (Å²) in [6, 6.07) is 0. The maximum absolute atomic E-state index is 5.59. The second kappa shape index (κ2) is 5.50. The van der Waals surface area contributed by atoms with Crippen molar-refractivity contribution in [3.8, 4) is 0 Å². The minimum absolute atomic E-state index is 0.400. The van der Waals surface area contributed by atoms with Crippen molar-refractivity contribution in [1.82, 2.24) is 9.97 Å². The second-order valence-electron chi connectivity index (χ2n) is 3.85. The van der Waals surface area contributed by atoms with Crippen molar-refractivity contribution in [2.75, 3.05) is 24.7 Å². The smallest absolute Gasteiger partial charge is 0.133 e.